The van der Waals surface area contributed by atoms with Gasteiger partial charge in [-0.15, -0.1) is 0 Å². The number of hydrogen-bond donors (Lipinski definition) is 1. The fraction of sp³-hybridized carbons (Fsp3) is 0.381. The highest BCUT2D eigenvalue weighted by molar-refractivity contribution is 5.95. The van der Waals surface area contributed by atoms with Crippen molar-refractivity contribution >= 4 is 17.3 Å². The molecule has 27 heavy (non-hydrogen) atoms. The van der Waals surface area contributed by atoms with E-state index in [0.717, 1.165) is 37.4 Å². The quantitative estimate of drug-likeness (QED) is 0.715. The number of nitrogens with zero attached hydrogens (tertiary/aromatic N) is 1. The van der Waals surface area contributed by atoms with Crippen molar-refractivity contribution in [2.75, 3.05) is 43.1 Å². The molecule has 0 saturated carbocycles. The largest absolute Gasteiger partial charge is 0.491 e. The first-order valence-electron chi connectivity index (χ1n) is 9.32. The third kappa shape index (κ3) is 5.96. The number of carbonyl (C=O) groups excluding carboxylic acids is 1. The Bertz CT molecular complexity index is 733. The predicted molar refractivity (Wildman–Crippen MR) is 104 cm³/mol. The number of hydrogen-bond acceptors (Lipinski definition) is 4. The standard InChI is InChI=1S/C21H25FN2O3/c22-17-9-10-20(24-11-5-2-6-12-24)19(15-17)23-21(25)16-26-13-14-27-18-7-3-1-4-8-18/h1,3-4,7-10,15H,2,5-6,11-14,16H2,(H,23,25). The van der Waals surface area contributed by atoms with E-state index in [-0.39, 0.29) is 18.3 Å². The number of piperidine rings is 1. The summed E-state index contributed by atoms with van der Waals surface area (Å²) >= 11 is 0. The smallest absolute Gasteiger partial charge is 0.250 e. The second kappa shape index (κ2) is 9.92. The van der Waals surface area contributed by atoms with Gasteiger partial charge in [0.05, 0.1) is 18.0 Å². The second-order valence-corrected chi connectivity index (χ2v) is 6.47. The number of halogens is 1. The van der Waals surface area contributed by atoms with Crippen LogP contribution in [0, 0.1) is 5.82 Å². The lowest BCUT2D eigenvalue weighted by atomic mass is 10.1. The molecule has 144 valence electrons. The zero-order valence-corrected chi connectivity index (χ0v) is 15.3. The molecular weight excluding hydrogens is 347 g/mol. The van der Waals surface area contributed by atoms with Gasteiger partial charge in [-0.3, -0.25) is 4.79 Å². The first-order valence-corrected chi connectivity index (χ1v) is 9.32. The first kappa shape index (κ1) is 19.2. The minimum atomic E-state index is -0.372. The van der Waals surface area contributed by atoms with Crippen LogP contribution in [0.1, 0.15) is 19.3 Å². The molecule has 2 aromatic carbocycles. The van der Waals surface area contributed by atoms with Crippen molar-refractivity contribution in [3.63, 3.8) is 0 Å². The van der Waals surface area contributed by atoms with E-state index >= 15 is 0 Å². The van der Waals surface area contributed by atoms with Crippen LogP contribution in [0.5, 0.6) is 5.75 Å². The van der Waals surface area contributed by atoms with Crippen LogP contribution in [0.4, 0.5) is 15.8 Å². The Kier molecular flexibility index (Phi) is 7.04. The molecule has 2 aromatic rings. The SMILES string of the molecule is O=C(COCCOc1ccccc1)Nc1cc(F)ccc1N1CCCCC1. The van der Waals surface area contributed by atoms with Crippen molar-refractivity contribution in [3.05, 3.63) is 54.3 Å². The molecule has 1 N–H and O–H groups in total. The predicted octanol–water partition coefficient (Wildman–Crippen LogP) is 3.85. The molecule has 0 spiro atoms. The Morgan fingerprint density at radius 1 is 1.04 bits per heavy atom. The van der Waals surface area contributed by atoms with E-state index in [2.05, 4.69) is 10.2 Å². The molecule has 0 aromatic heterocycles. The molecule has 1 aliphatic heterocycles. The molecule has 0 atom stereocenters. The van der Waals surface area contributed by atoms with Crippen molar-refractivity contribution in [1.29, 1.82) is 0 Å². The van der Waals surface area contributed by atoms with Crippen LogP contribution in [0.25, 0.3) is 0 Å². The maximum atomic E-state index is 13.7. The molecular formula is C21H25FN2O3. The van der Waals surface area contributed by atoms with Crippen LogP contribution < -0.4 is 15.0 Å². The number of benzene rings is 2. The van der Waals surface area contributed by atoms with E-state index in [1.54, 1.807) is 6.07 Å². The van der Waals surface area contributed by atoms with E-state index < -0.39 is 0 Å². The summed E-state index contributed by atoms with van der Waals surface area (Å²) in [5.74, 6) is 0.0818. The number of para-hydroxylation sites is 1. The average molecular weight is 372 g/mol. The number of anilines is 2. The Labute approximate surface area is 159 Å². The summed E-state index contributed by atoms with van der Waals surface area (Å²) in [6.07, 6.45) is 3.42. The normalized spacial score (nSPS) is 14.0. The Balaban J connectivity index is 1.46. The highest BCUT2D eigenvalue weighted by Gasteiger charge is 2.16. The summed E-state index contributed by atoms with van der Waals surface area (Å²) in [4.78, 5) is 14.4. The molecule has 1 heterocycles. The molecule has 0 radical (unpaired) electrons. The van der Waals surface area contributed by atoms with Gasteiger partial charge in [-0.2, -0.15) is 0 Å². The van der Waals surface area contributed by atoms with E-state index in [4.69, 9.17) is 9.47 Å². The minimum Gasteiger partial charge on any atom is -0.491 e. The van der Waals surface area contributed by atoms with Crippen LogP contribution in [0.3, 0.4) is 0 Å². The van der Waals surface area contributed by atoms with Crippen LogP contribution >= 0.6 is 0 Å². The topological polar surface area (TPSA) is 50.8 Å². The fourth-order valence-corrected chi connectivity index (χ4v) is 3.11. The zero-order chi connectivity index (χ0) is 18.9. The van der Waals surface area contributed by atoms with Crippen molar-refractivity contribution in [2.24, 2.45) is 0 Å². The van der Waals surface area contributed by atoms with Gasteiger partial charge in [0.25, 0.3) is 0 Å². The van der Waals surface area contributed by atoms with Crippen LogP contribution in [-0.4, -0.2) is 38.8 Å². The summed E-state index contributed by atoms with van der Waals surface area (Å²) in [7, 11) is 0. The minimum absolute atomic E-state index is 0.103. The van der Waals surface area contributed by atoms with Crippen molar-refractivity contribution in [1.82, 2.24) is 0 Å². The van der Waals surface area contributed by atoms with Gasteiger partial charge in [0.15, 0.2) is 0 Å². The third-order valence-electron chi connectivity index (χ3n) is 4.40. The lowest BCUT2D eigenvalue weighted by Crippen LogP contribution is -2.31. The van der Waals surface area contributed by atoms with Gasteiger partial charge in [0.1, 0.15) is 24.8 Å². The summed E-state index contributed by atoms with van der Waals surface area (Å²) < 4.78 is 24.5. The molecule has 5 nitrogen and oxygen atoms in total. The van der Waals surface area contributed by atoms with Crippen molar-refractivity contribution in [3.8, 4) is 5.75 Å². The van der Waals surface area contributed by atoms with Crippen LogP contribution in [-0.2, 0) is 9.53 Å². The molecule has 6 heteroatoms. The van der Waals surface area contributed by atoms with Crippen LogP contribution in [0.2, 0.25) is 0 Å². The average Bonchev–Trinajstić information content (AvgIpc) is 2.69. The zero-order valence-electron chi connectivity index (χ0n) is 15.3. The molecule has 0 aliphatic carbocycles. The number of carbonyl (C=O) groups is 1. The molecule has 1 saturated heterocycles. The Morgan fingerprint density at radius 3 is 2.59 bits per heavy atom. The van der Waals surface area contributed by atoms with Crippen molar-refractivity contribution in [2.45, 2.75) is 19.3 Å². The third-order valence-corrected chi connectivity index (χ3v) is 4.40. The second-order valence-electron chi connectivity index (χ2n) is 6.47. The van der Waals surface area contributed by atoms with Gasteiger partial charge in [-0.25, -0.2) is 4.39 Å². The van der Waals surface area contributed by atoms with Gasteiger partial charge in [-0.05, 0) is 49.6 Å². The maximum Gasteiger partial charge on any atom is 0.250 e. The molecule has 0 unspecified atom stereocenters. The molecule has 0 bridgehead atoms. The lowest BCUT2D eigenvalue weighted by Gasteiger charge is -2.30. The van der Waals surface area contributed by atoms with Gasteiger partial charge in [0.2, 0.25) is 5.91 Å². The molecule has 1 aliphatic rings. The summed E-state index contributed by atoms with van der Waals surface area (Å²) in [6.45, 7) is 2.39. The van der Waals surface area contributed by atoms with E-state index in [9.17, 15) is 9.18 Å². The molecule has 1 amide bonds. The van der Waals surface area contributed by atoms with Gasteiger partial charge >= 0.3 is 0 Å². The Morgan fingerprint density at radius 2 is 1.81 bits per heavy atom. The summed E-state index contributed by atoms with van der Waals surface area (Å²) in [6, 6.07) is 13.9. The van der Waals surface area contributed by atoms with Gasteiger partial charge in [0, 0.05) is 13.1 Å². The first-order chi connectivity index (χ1) is 13.2. The fourth-order valence-electron chi connectivity index (χ4n) is 3.11. The van der Waals surface area contributed by atoms with Crippen LogP contribution in [0.15, 0.2) is 48.5 Å². The maximum absolute atomic E-state index is 13.7. The number of amides is 1. The number of nitrogens with one attached hydrogen (secondary N) is 1. The molecule has 1 fully saturated rings. The highest BCUT2D eigenvalue weighted by Crippen LogP contribution is 2.29. The number of ether oxygens (including phenoxy) is 2. The number of rotatable bonds is 8. The van der Waals surface area contributed by atoms with Crippen molar-refractivity contribution < 1.29 is 18.7 Å². The Hall–Kier alpha value is -2.60. The molecule has 3 rings (SSSR count). The van der Waals surface area contributed by atoms with E-state index in [1.165, 1.54) is 18.6 Å². The van der Waals surface area contributed by atoms with Gasteiger partial charge < -0.3 is 19.7 Å². The highest BCUT2D eigenvalue weighted by atomic mass is 19.1. The van der Waals surface area contributed by atoms with Gasteiger partial charge in [-0.1, -0.05) is 18.2 Å². The summed E-state index contributed by atoms with van der Waals surface area (Å²) in [5, 5.41) is 2.77. The van der Waals surface area contributed by atoms with E-state index in [0.29, 0.717) is 18.9 Å². The van der Waals surface area contributed by atoms with E-state index in [1.807, 2.05) is 30.3 Å². The summed E-state index contributed by atoms with van der Waals surface area (Å²) in [5.41, 5.74) is 1.35. The lowest BCUT2D eigenvalue weighted by molar-refractivity contribution is -0.120. The monoisotopic (exact) mass is 372 g/mol.